The molecule has 2 N–H and O–H groups in total. The van der Waals surface area contributed by atoms with E-state index in [4.69, 9.17) is 0 Å². The summed E-state index contributed by atoms with van der Waals surface area (Å²) in [6.07, 6.45) is 4.82. The molecule has 0 aromatic rings. The van der Waals surface area contributed by atoms with Crippen molar-refractivity contribution in [3.63, 3.8) is 0 Å². The van der Waals surface area contributed by atoms with Gasteiger partial charge in [-0.25, -0.2) is 0 Å². The van der Waals surface area contributed by atoms with Crippen LogP contribution in [0.1, 0.15) is 32.1 Å². The van der Waals surface area contributed by atoms with Crippen molar-refractivity contribution >= 4 is 11.8 Å². The second kappa shape index (κ2) is 6.73. The third-order valence-corrected chi connectivity index (χ3v) is 3.84. The molecule has 1 unspecified atom stereocenters. The Labute approximate surface area is 108 Å². The van der Waals surface area contributed by atoms with E-state index in [2.05, 4.69) is 10.6 Å². The third-order valence-electron chi connectivity index (χ3n) is 3.84. The Balaban J connectivity index is 1.57. The lowest BCUT2D eigenvalue weighted by molar-refractivity contribution is -0.132. The van der Waals surface area contributed by atoms with Crippen molar-refractivity contribution in [1.29, 1.82) is 0 Å². The molecule has 102 valence electrons. The van der Waals surface area contributed by atoms with Crippen LogP contribution < -0.4 is 10.6 Å². The number of likely N-dealkylation sites (tertiary alicyclic amines) is 1. The number of nitrogens with one attached hydrogen (secondary N) is 2. The molecule has 2 saturated heterocycles. The average molecular weight is 253 g/mol. The lowest BCUT2D eigenvalue weighted by Crippen LogP contribution is -2.38. The van der Waals surface area contributed by atoms with E-state index >= 15 is 0 Å². The smallest absolute Gasteiger partial charge is 0.241 e. The third kappa shape index (κ3) is 3.98. The fourth-order valence-electron chi connectivity index (χ4n) is 2.64. The van der Waals surface area contributed by atoms with Gasteiger partial charge in [0.2, 0.25) is 11.8 Å². The summed E-state index contributed by atoms with van der Waals surface area (Å²) in [5, 5.41) is 6.02. The van der Waals surface area contributed by atoms with Gasteiger partial charge in [0.15, 0.2) is 0 Å². The zero-order chi connectivity index (χ0) is 12.8. The first-order chi connectivity index (χ1) is 8.75. The van der Waals surface area contributed by atoms with Crippen LogP contribution in [0, 0.1) is 5.92 Å². The molecule has 2 aliphatic rings. The Morgan fingerprint density at radius 1 is 1.28 bits per heavy atom. The van der Waals surface area contributed by atoms with E-state index < -0.39 is 0 Å². The minimum atomic E-state index is 0.00875. The number of carbonyl (C=O) groups is 2. The topological polar surface area (TPSA) is 61.4 Å². The second-order valence-electron chi connectivity index (χ2n) is 5.26. The van der Waals surface area contributed by atoms with Crippen molar-refractivity contribution in [3.05, 3.63) is 0 Å². The van der Waals surface area contributed by atoms with Crippen LogP contribution >= 0.6 is 0 Å². The molecule has 5 nitrogen and oxygen atoms in total. The van der Waals surface area contributed by atoms with E-state index in [9.17, 15) is 9.59 Å². The van der Waals surface area contributed by atoms with E-state index in [-0.39, 0.29) is 18.4 Å². The fraction of sp³-hybridized carbons (Fsp3) is 0.846. The molecule has 2 heterocycles. The molecule has 0 saturated carbocycles. The molecule has 2 amide bonds. The predicted octanol–water partition coefficient (Wildman–Crippen LogP) is 0.115. The van der Waals surface area contributed by atoms with Gasteiger partial charge in [-0.05, 0) is 44.7 Å². The Morgan fingerprint density at radius 2 is 2.06 bits per heavy atom. The second-order valence-corrected chi connectivity index (χ2v) is 5.26. The zero-order valence-corrected chi connectivity index (χ0v) is 10.9. The van der Waals surface area contributed by atoms with Gasteiger partial charge in [0.1, 0.15) is 0 Å². The van der Waals surface area contributed by atoms with Crippen molar-refractivity contribution in [2.75, 3.05) is 32.7 Å². The van der Waals surface area contributed by atoms with E-state index in [1.165, 1.54) is 6.42 Å². The van der Waals surface area contributed by atoms with Gasteiger partial charge >= 0.3 is 0 Å². The summed E-state index contributed by atoms with van der Waals surface area (Å²) in [7, 11) is 0. The summed E-state index contributed by atoms with van der Waals surface area (Å²) in [6, 6.07) is 0. The van der Waals surface area contributed by atoms with Gasteiger partial charge in [0, 0.05) is 19.5 Å². The van der Waals surface area contributed by atoms with Crippen LogP contribution in [0.4, 0.5) is 0 Å². The summed E-state index contributed by atoms with van der Waals surface area (Å²) >= 11 is 0. The highest BCUT2D eigenvalue weighted by atomic mass is 16.2. The number of carbonyl (C=O) groups excluding carboxylic acids is 2. The maximum Gasteiger partial charge on any atom is 0.241 e. The zero-order valence-electron chi connectivity index (χ0n) is 10.9. The lowest BCUT2D eigenvalue weighted by atomic mass is 10.0. The van der Waals surface area contributed by atoms with Crippen molar-refractivity contribution < 1.29 is 9.59 Å². The minimum absolute atomic E-state index is 0.00875. The van der Waals surface area contributed by atoms with Crippen LogP contribution in [0.3, 0.4) is 0 Å². The Hall–Kier alpha value is -1.10. The van der Waals surface area contributed by atoms with Crippen molar-refractivity contribution in [2.24, 2.45) is 5.92 Å². The molecule has 18 heavy (non-hydrogen) atoms. The predicted molar refractivity (Wildman–Crippen MR) is 69.0 cm³/mol. The molecule has 1 atom stereocenters. The molecule has 0 bridgehead atoms. The monoisotopic (exact) mass is 253 g/mol. The summed E-state index contributed by atoms with van der Waals surface area (Å²) in [6.45, 7) is 3.96. The van der Waals surface area contributed by atoms with Crippen molar-refractivity contribution in [3.8, 4) is 0 Å². The molecule has 0 spiro atoms. The summed E-state index contributed by atoms with van der Waals surface area (Å²) < 4.78 is 0. The first-order valence-corrected chi connectivity index (χ1v) is 7.01. The number of nitrogens with zero attached hydrogens (tertiary/aromatic N) is 1. The first-order valence-electron chi connectivity index (χ1n) is 7.01. The van der Waals surface area contributed by atoms with Crippen LogP contribution in [0.2, 0.25) is 0 Å². The first kappa shape index (κ1) is 13.3. The van der Waals surface area contributed by atoms with Crippen LogP contribution in [-0.2, 0) is 9.59 Å². The maximum atomic E-state index is 11.7. The minimum Gasteiger partial charge on any atom is -0.347 e. The molecule has 2 aliphatic heterocycles. The molecular weight excluding hydrogens is 230 g/mol. The van der Waals surface area contributed by atoms with E-state index in [1.54, 1.807) is 0 Å². The van der Waals surface area contributed by atoms with Crippen LogP contribution in [0.15, 0.2) is 0 Å². The van der Waals surface area contributed by atoms with Gasteiger partial charge in [0.25, 0.3) is 0 Å². The molecule has 0 aromatic heterocycles. The van der Waals surface area contributed by atoms with Gasteiger partial charge < -0.3 is 15.5 Å². The van der Waals surface area contributed by atoms with E-state index in [0.29, 0.717) is 12.3 Å². The van der Waals surface area contributed by atoms with Gasteiger partial charge in [0.05, 0.1) is 6.54 Å². The summed E-state index contributed by atoms with van der Waals surface area (Å²) in [5.41, 5.74) is 0. The maximum absolute atomic E-state index is 11.7. The number of hydrogen-bond donors (Lipinski definition) is 2. The normalized spacial score (nSPS) is 23.3. The SMILES string of the molecule is O=C(CCC1CCNC1)NCC(=O)N1CCCC1. The largest absolute Gasteiger partial charge is 0.347 e. The van der Waals surface area contributed by atoms with Crippen LogP contribution in [0.25, 0.3) is 0 Å². The molecule has 2 rings (SSSR count). The van der Waals surface area contributed by atoms with Gasteiger partial charge in [-0.2, -0.15) is 0 Å². The summed E-state index contributed by atoms with van der Waals surface area (Å²) in [4.78, 5) is 25.2. The highest BCUT2D eigenvalue weighted by Crippen LogP contribution is 2.13. The Morgan fingerprint density at radius 3 is 2.72 bits per heavy atom. The highest BCUT2D eigenvalue weighted by Gasteiger charge is 2.19. The fourth-order valence-corrected chi connectivity index (χ4v) is 2.64. The summed E-state index contributed by atoms with van der Waals surface area (Å²) in [5.74, 6) is 0.697. The van der Waals surface area contributed by atoms with Crippen LogP contribution in [0.5, 0.6) is 0 Å². The standard InChI is InChI=1S/C13H23N3O2/c17-12(4-3-11-5-6-14-9-11)15-10-13(18)16-7-1-2-8-16/h11,14H,1-10H2,(H,15,17). The van der Waals surface area contributed by atoms with Crippen molar-refractivity contribution in [2.45, 2.75) is 32.1 Å². The Bertz CT molecular complexity index is 295. The number of amides is 2. The van der Waals surface area contributed by atoms with Crippen LogP contribution in [-0.4, -0.2) is 49.4 Å². The van der Waals surface area contributed by atoms with Gasteiger partial charge in [-0.1, -0.05) is 0 Å². The van der Waals surface area contributed by atoms with E-state index in [0.717, 1.165) is 45.4 Å². The Kier molecular flexibility index (Phi) is 4.99. The molecular formula is C13H23N3O2. The van der Waals surface area contributed by atoms with Gasteiger partial charge in [-0.15, -0.1) is 0 Å². The molecule has 2 fully saturated rings. The molecule has 0 radical (unpaired) electrons. The number of hydrogen-bond acceptors (Lipinski definition) is 3. The highest BCUT2D eigenvalue weighted by molar-refractivity contribution is 5.84. The average Bonchev–Trinajstić information content (AvgIpc) is 3.05. The lowest BCUT2D eigenvalue weighted by Gasteiger charge is -2.15. The van der Waals surface area contributed by atoms with Gasteiger partial charge in [-0.3, -0.25) is 9.59 Å². The number of rotatable bonds is 5. The van der Waals surface area contributed by atoms with Crippen molar-refractivity contribution in [1.82, 2.24) is 15.5 Å². The molecule has 5 heteroatoms. The van der Waals surface area contributed by atoms with E-state index in [1.807, 2.05) is 4.90 Å². The molecule has 0 aliphatic carbocycles. The molecule has 0 aromatic carbocycles. The quantitative estimate of drug-likeness (QED) is 0.731.